The Labute approximate surface area is 180 Å². The molecule has 2 N–H and O–H groups in total. The number of unbranched alkanes of at least 4 members (excludes halogenated alkanes) is 1. The van der Waals surface area contributed by atoms with E-state index in [0.717, 1.165) is 30.5 Å². The summed E-state index contributed by atoms with van der Waals surface area (Å²) in [6.07, 6.45) is 2.63. The maximum Gasteiger partial charge on any atom is 0.413 e. The highest BCUT2D eigenvalue weighted by Gasteiger charge is 2.45. The van der Waals surface area contributed by atoms with Crippen molar-refractivity contribution in [2.45, 2.75) is 84.7 Å². The highest BCUT2D eigenvalue weighted by Crippen LogP contribution is 2.28. The van der Waals surface area contributed by atoms with Gasteiger partial charge in [-0.3, -0.25) is 15.0 Å². The van der Waals surface area contributed by atoms with Crippen LogP contribution in [0.25, 0.3) is 0 Å². The lowest BCUT2D eigenvalue weighted by molar-refractivity contribution is -0.116. The summed E-state index contributed by atoms with van der Waals surface area (Å²) in [5, 5.41) is 6.32. The molecular weight excluding hydrogens is 382 g/mol. The molecule has 0 spiro atoms. The van der Waals surface area contributed by atoms with E-state index in [1.165, 1.54) is 0 Å². The Morgan fingerprint density at radius 1 is 1.23 bits per heavy atom. The Morgan fingerprint density at radius 3 is 2.50 bits per heavy atom. The molecule has 0 aliphatic carbocycles. The molecule has 0 aromatic heterocycles. The molecule has 7 heteroatoms. The molecule has 1 saturated heterocycles. The normalized spacial score (nSPS) is 18.3. The Hall–Kier alpha value is -2.12. The van der Waals surface area contributed by atoms with Crippen LogP contribution in [0.5, 0.6) is 0 Å². The standard InChI is InChI=1S/C23H37N3O4/c1-7-8-9-20(27)25-18-12-10-17(11-13-18)14-15-24-19-16-29-23(5,6)26(19)21(28)30-22(2,3)4/h10-13,19,24H,7-9,14-16H2,1-6H3,(H,25,27)/t19-/m1/s1. The SMILES string of the molecule is CCCCC(=O)Nc1ccc(CCN[C@H]2COC(C)(C)N2C(=O)OC(C)(C)C)cc1. The number of amides is 2. The van der Waals surface area contributed by atoms with Crippen LogP contribution in [-0.2, 0) is 20.7 Å². The topological polar surface area (TPSA) is 79.9 Å². The molecule has 30 heavy (non-hydrogen) atoms. The summed E-state index contributed by atoms with van der Waals surface area (Å²) in [5.74, 6) is 0.0531. The number of nitrogens with zero attached hydrogens (tertiary/aromatic N) is 1. The number of ether oxygens (including phenoxy) is 2. The maximum absolute atomic E-state index is 12.7. The zero-order chi connectivity index (χ0) is 22.4. The Morgan fingerprint density at radius 2 is 1.90 bits per heavy atom. The van der Waals surface area contributed by atoms with Crippen LogP contribution in [0.3, 0.4) is 0 Å². The van der Waals surface area contributed by atoms with Crippen LogP contribution in [0.1, 0.15) is 66.4 Å². The lowest BCUT2D eigenvalue weighted by Gasteiger charge is -2.35. The number of carbonyl (C=O) groups is 2. The fraction of sp³-hybridized carbons (Fsp3) is 0.652. The molecule has 1 aliphatic rings. The number of anilines is 1. The molecule has 168 valence electrons. The van der Waals surface area contributed by atoms with Gasteiger partial charge in [0, 0.05) is 18.7 Å². The van der Waals surface area contributed by atoms with Crippen LogP contribution in [-0.4, -0.2) is 47.5 Å². The van der Waals surface area contributed by atoms with Crippen molar-refractivity contribution >= 4 is 17.7 Å². The van der Waals surface area contributed by atoms with Gasteiger partial charge in [-0.15, -0.1) is 0 Å². The molecule has 1 aromatic carbocycles. The molecular formula is C23H37N3O4. The van der Waals surface area contributed by atoms with Gasteiger partial charge < -0.3 is 14.8 Å². The van der Waals surface area contributed by atoms with E-state index < -0.39 is 11.3 Å². The van der Waals surface area contributed by atoms with Crippen LogP contribution >= 0.6 is 0 Å². The lowest BCUT2D eigenvalue weighted by Crippen LogP contribution is -2.54. The number of carbonyl (C=O) groups excluding carboxylic acids is 2. The summed E-state index contributed by atoms with van der Waals surface area (Å²) in [6.45, 7) is 12.5. The third-order valence-electron chi connectivity index (χ3n) is 4.87. The van der Waals surface area contributed by atoms with E-state index in [1.54, 1.807) is 4.90 Å². The predicted octanol–water partition coefficient (Wildman–Crippen LogP) is 4.28. The molecule has 2 rings (SSSR count). The first-order chi connectivity index (χ1) is 14.0. The second-order valence-corrected chi connectivity index (χ2v) is 9.18. The smallest absolute Gasteiger partial charge is 0.413 e. The summed E-state index contributed by atoms with van der Waals surface area (Å²) in [5.41, 5.74) is 0.678. The van der Waals surface area contributed by atoms with Crippen molar-refractivity contribution in [3.63, 3.8) is 0 Å². The van der Waals surface area contributed by atoms with Gasteiger partial charge in [0.1, 0.15) is 17.5 Å². The van der Waals surface area contributed by atoms with Gasteiger partial charge in [-0.25, -0.2) is 4.79 Å². The lowest BCUT2D eigenvalue weighted by atomic mass is 10.1. The van der Waals surface area contributed by atoms with Gasteiger partial charge in [0.25, 0.3) is 0 Å². The fourth-order valence-corrected chi connectivity index (χ4v) is 3.31. The zero-order valence-corrected chi connectivity index (χ0v) is 19.2. The first-order valence-corrected chi connectivity index (χ1v) is 10.8. The van der Waals surface area contributed by atoms with E-state index in [1.807, 2.05) is 58.9 Å². The number of nitrogens with one attached hydrogen (secondary N) is 2. The molecule has 7 nitrogen and oxygen atoms in total. The molecule has 1 aromatic rings. The van der Waals surface area contributed by atoms with Crippen molar-refractivity contribution in [3.8, 4) is 0 Å². The molecule has 0 saturated carbocycles. The Bertz CT molecular complexity index is 710. The van der Waals surface area contributed by atoms with Crippen molar-refractivity contribution in [1.29, 1.82) is 0 Å². The predicted molar refractivity (Wildman–Crippen MR) is 118 cm³/mol. The van der Waals surface area contributed by atoms with Crippen molar-refractivity contribution in [2.24, 2.45) is 0 Å². The molecule has 0 radical (unpaired) electrons. The number of rotatable bonds is 8. The number of hydrogen-bond acceptors (Lipinski definition) is 5. The molecule has 1 aliphatic heterocycles. The van der Waals surface area contributed by atoms with Gasteiger partial charge in [-0.05, 0) is 65.2 Å². The second kappa shape index (κ2) is 10.3. The van der Waals surface area contributed by atoms with E-state index in [9.17, 15) is 9.59 Å². The summed E-state index contributed by atoms with van der Waals surface area (Å²) in [4.78, 5) is 26.1. The van der Waals surface area contributed by atoms with Gasteiger partial charge in [0.2, 0.25) is 5.91 Å². The molecule has 1 heterocycles. The van der Waals surface area contributed by atoms with E-state index >= 15 is 0 Å². The average Bonchev–Trinajstić information content (AvgIpc) is 2.94. The molecule has 0 unspecified atom stereocenters. The molecule has 0 bridgehead atoms. The first kappa shape index (κ1) is 24.2. The molecule has 1 fully saturated rings. The van der Waals surface area contributed by atoms with Gasteiger partial charge in [0.05, 0.1) is 6.61 Å². The van der Waals surface area contributed by atoms with Crippen LogP contribution in [0.2, 0.25) is 0 Å². The van der Waals surface area contributed by atoms with Crippen LogP contribution in [0.4, 0.5) is 10.5 Å². The number of hydrogen-bond donors (Lipinski definition) is 2. The zero-order valence-electron chi connectivity index (χ0n) is 19.2. The third kappa shape index (κ3) is 7.29. The largest absolute Gasteiger partial charge is 0.444 e. The van der Waals surface area contributed by atoms with E-state index in [2.05, 4.69) is 17.6 Å². The van der Waals surface area contributed by atoms with Gasteiger partial charge in [-0.2, -0.15) is 0 Å². The van der Waals surface area contributed by atoms with Gasteiger partial charge in [-0.1, -0.05) is 25.5 Å². The average molecular weight is 420 g/mol. The van der Waals surface area contributed by atoms with Crippen molar-refractivity contribution < 1.29 is 19.1 Å². The quantitative estimate of drug-likeness (QED) is 0.658. The summed E-state index contributed by atoms with van der Waals surface area (Å²) in [7, 11) is 0. The third-order valence-corrected chi connectivity index (χ3v) is 4.87. The Balaban J connectivity index is 1.86. The van der Waals surface area contributed by atoms with Crippen molar-refractivity contribution in [3.05, 3.63) is 29.8 Å². The summed E-state index contributed by atoms with van der Waals surface area (Å²) < 4.78 is 11.4. The van der Waals surface area contributed by atoms with Crippen LogP contribution in [0, 0.1) is 0 Å². The minimum absolute atomic E-state index is 0.0531. The maximum atomic E-state index is 12.7. The van der Waals surface area contributed by atoms with Crippen molar-refractivity contribution in [2.75, 3.05) is 18.5 Å². The monoisotopic (exact) mass is 419 g/mol. The van der Waals surface area contributed by atoms with Crippen LogP contribution in [0.15, 0.2) is 24.3 Å². The van der Waals surface area contributed by atoms with E-state index in [4.69, 9.17) is 9.47 Å². The molecule has 2 amide bonds. The minimum atomic E-state index is -0.725. The first-order valence-electron chi connectivity index (χ1n) is 10.8. The highest BCUT2D eigenvalue weighted by atomic mass is 16.6. The minimum Gasteiger partial charge on any atom is -0.444 e. The van der Waals surface area contributed by atoms with Crippen molar-refractivity contribution in [1.82, 2.24) is 10.2 Å². The van der Waals surface area contributed by atoms with E-state index in [0.29, 0.717) is 19.6 Å². The fourth-order valence-electron chi connectivity index (χ4n) is 3.31. The number of benzene rings is 1. The van der Waals surface area contributed by atoms with Crippen LogP contribution < -0.4 is 10.6 Å². The summed E-state index contributed by atoms with van der Waals surface area (Å²) >= 11 is 0. The van der Waals surface area contributed by atoms with Gasteiger partial charge in [0.15, 0.2) is 0 Å². The van der Waals surface area contributed by atoms with E-state index in [-0.39, 0.29) is 18.2 Å². The van der Waals surface area contributed by atoms with Gasteiger partial charge >= 0.3 is 6.09 Å². The second-order valence-electron chi connectivity index (χ2n) is 9.18. The molecule has 1 atom stereocenters. The summed E-state index contributed by atoms with van der Waals surface area (Å²) in [6, 6.07) is 7.87. The Kier molecular flexibility index (Phi) is 8.26. The highest BCUT2D eigenvalue weighted by molar-refractivity contribution is 5.90.